The molecule has 140 valence electrons. The number of ether oxygens (including phenoxy) is 2. The first-order valence-electron chi connectivity index (χ1n) is 8.40. The van der Waals surface area contributed by atoms with Crippen LogP contribution < -0.4 is 5.73 Å². The molecule has 1 aliphatic heterocycles. The molecule has 8 heteroatoms. The second-order valence-electron chi connectivity index (χ2n) is 7.62. The highest BCUT2D eigenvalue weighted by molar-refractivity contribution is 5.68. The molecule has 1 amide bonds. The first-order chi connectivity index (χ1) is 11.0. The second kappa shape index (κ2) is 7.07. The average molecular weight is 352 g/mol. The number of halogens is 3. The van der Waals surface area contributed by atoms with Gasteiger partial charge in [0.2, 0.25) is 0 Å². The Morgan fingerprint density at radius 3 is 2.50 bits per heavy atom. The van der Waals surface area contributed by atoms with E-state index in [0.717, 1.165) is 0 Å². The smallest absolute Gasteiger partial charge is 0.410 e. The number of hydrogen-bond donors (Lipinski definition) is 1. The summed E-state index contributed by atoms with van der Waals surface area (Å²) in [5.41, 5.74) is 4.93. The van der Waals surface area contributed by atoms with Gasteiger partial charge >= 0.3 is 6.09 Å². The summed E-state index contributed by atoms with van der Waals surface area (Å²) in [5.74, 6) is -2.98. The summed E-state index contributed by atoms with van der Waals surface area (Å²) < 4.78 is 52.5. The Labute approximate surface area is 140 Å². The molecule has 2 fully saturated rings. The van der Waals surface area contributed by atoms with Gasteiger partial charge in [0, 0.05) is 13.0 Å². The van der Waals surface area contributed by atoms with E-state index in [-0.39, 0.29) is 25.9 Å². The Balaban J connectivity index is 1.88. The van der Waals surface area contributed by atoms with Gasteiger partial charge in [-0.25, -0.2) is 18.0 Å². The molecular formula is C16H27F3N2O3. The van der Waals surface area contributed by atoms with Crippen molar-refractivity contribution in [2.24, 2.45) is 5.73 Å². The van der Waals surface area contributed by atoms with E-state index in [0.29, 0.717) is 12.8 Å². The largest absolute Gasteiger partial charge is 0.444 e. The van der Waals surface area contributed by atoms with Gasteiger partial charge in [-0.15, -0.1) is 0 Å². The van der Waals surface area contributed by atoms with E-state index in [1.54, 1.807) is 20.8 Å². The van der Waals surface area contributed by atoms with Crippen molar-refractivity contribution in [1.82, 2.24) is 4.90 Å². The zero-order valence-corrected chi connectivity index (χ0v) is 14.4. The van der Waals surface area contributed by atoms with E-state index in [9.17, 15) is 18.0 Å². The van der Waals surface area contributed by atoms with Crippen LogP contribution in [-0.4, -0.2) is 60.0 Å². The van der Waals surface area contributed by atoms with Crippen LogP contribution in [0.15, 0.2) is 0 Å². The fourth-order valence-corrected chi connectivity index (χ4v) is 3.06. The predicted octanol–water partition coefficient (Wildman–Crippen LogP) is 2.87. The molecule has 0 aromatic rings. The van der Waals surface area contributed by atoms with Gasteiger partial charge in [-0.2, -0.15) is 0 Å². The molecule has 4 atom stereocenters. The number of piperidine rings is 1. The van der Waals surface area contributed by atoms with Gasteiger partial charge in [-0.05, 0) is 40.0 Å². The highest BCUT2D eigenvalue weighted by Gasteiger charge is 2.47. The third-order valence-electron chi connectivity index (χ3n) is 4.37. The van der Waals surface area contributed by atoms with E-state index in [2.05, 4.69) is 0 Å². The van der Waals surface area contributed by atoms with Crippen LogP contribution in [0.1, 0.15) is 46.5 Å². The van der Waals surface area contributed by atoms with Crippen LogP contribution in [0.3, 0.4) is 0 Å². The van der Waals surface area contributed by atoms with Gasteiger partial charge < -0.3 is 20.1 Å². The Morgan fingerprint density at radius 1 is 1.25 bits per heavy atom. The lowest BCUT2D eigenvalue weighted by molar-refractivity contribution is -0.152. The van der Waals surface area contributed by atoms with Gasteiger partial charge in [0.25, 0.3) is 5.92 Å². The summed E-state index contributed by atoms with van der Waals surface area (Å²) in [5, 5.41) is 0. The molecule has 0 unspecified atom stereocenters. The maximum absolute atomic E-state index is 14.4. The van der Waals surface area contributed by atoms with Crippen LogP contribution in [0, 0.1) is 0 Å². The number of nitrogens with two attached hydrogens (primary N) is 1. The van der Waals surface area contributed by atoms with E-state index >= 15 is 0 Å². The summed E-state index contributed by atoms with van der Waals surface area (Å²) in [6, 6.07) is -1.41. The minimum absolute atomic E-state index is 0.169. The van der Waals surface area contributed by atoms with Crippen molar-refractivity contribution in [3.8, 4) is 0 Å². The highest BCUT2D eigenvalue weighted by atomic mass is 19.3. The van der Waals surface area contributed by atoms with Gasteiger partial charge in [0.15, 0.2) is 0 Å². The Hall–Kier alpha value is -1.02. The molecule has 1 saturated heterocycles. The number of amides is 1. The monoisotopic (exact) mass is 352 g/mol. The van der Waals surface area contributed by atoms with Crippen molar-refractivity contribution in [3.05, 3.63) is 0 Å². The lowest BCUT2D eigenvalue weighted by Gasteiger charge is -2.40. The quantitative estimate of drug-likeness (QED) is 0.830. The highest BCUT2D eigenvalue weighted by Crippen LogP contribution is 2.35. The van der Waals surface area contributed by atoms with E-state index in [4.69, 9.17) is 15.2 Å². The molecule has 1 aliphatic carbocycles. The number of carbonyl (C=O) groups is 1. The third-order valence-corrected chi connectivity index (χ3v) is 4.37. The zero-order valence-electron chi connectivity index (χ0n) is 14.4. The standard InChI is InChI=1S/C16H27F3N2O3/c1-15(2,3)24-14(22)21-8-6-11(10(17)9-21)23-12-5-4-7-16(18,19)13(12)20/h10-13H,4-9,20H2,1-3H3/t10-,11+,12-,13+/m0/s1. The van der Waals surface area contributed by atoms with E-state index < -0.39 is 42.0 Å². The van der Waals surface area contributed by atoms with Crippen LogP contribution in [-0.2, 0) is 9.47 Å². The number of rotatable bonds is 2. The minimum atomic E-state index is -2.98. The topological polar surface area (TPSA) is 64.8 Å². The Bertz CT molecular complexity index is 456. The van der Waals surface area contributed by atoms with Crippen molar-refractivity contribution >= 4 is 6.09 Å². The molecule has 2 N–H and O–H groups in total. The van der Waals surface area contributed by atoms with Gasteiger partial charge in [0.05, 0.1) is 24.8 Å². The molecule has 5 nitrogen and oxygen atoms in total. The molecule has 1 saturated carbocycles. The molecule has 0 aromatic heterocycles. The molecule has 0 aromatic carbocycles. The SMILES string of the molecule is CC(C)(C)OC(=O)N1CC[C@@H](O[C@H]2CCCC(F)(F)[C@@H]2N)[C@@H](F)C1. The number of hydrogen-bond acceptors (Lipinski definition) is 4. The van der Waals surface area contributed by atoms with Crippen LogP contribution in [0.25, 0.3) is 0 Å². The predicted molar refractivity (Wildman–Crippen MR) is 82.8 cm³/mol. The normalized spacial score (nSPS) is 34.0. The van der Waals surface area contributed by atoms with E-state index in [1.807, 2.05) is 0 Å². The fraction of sp³-hybridized carbons (Fsp3) is 0.938. The van der Waals surface area contributed by atoms with Crippen molar-refractivity contribution in [2.45, 2.75) is 82.4 Å². The zero-order chi connectivity index (χ0) is 18.1. The summed E-state index contributed by atoms with van der Waals surface area (Å²) in [6.07, 6.45) is -3.04. The van der Waals surface area contributed by atoms with Gasteiger partial charge in [-0.1, -0.05) is 0 Å². The summed E-state index contributed by atoms with van der Waals surface area (Å²) in [4.78, 5) is 13.3. The van der Waals surface area contributed by atoms with Gasteiger partial charge in [-0.3, -0.25) is 0 Å². The molecule has 24 heavy (non-hydrogen) atoms. The summed E-state index contributed by atoms with van der Waals surface area (Å²) in [7, 11) is 0. The summed E-state index contributed by atoms with van der Waals surface area (Å²) in [6.45, 7) is 5.30. The van der Waals surface area contributed by atoms with Crippen molar-refractivity contribution in [2.75, 3.05) is 13.1 Å². The first kappa shape index (κ1) is 19.3. The van der Waals surface area contributed by atoms with Crippen LogP contribution in [0.4, 0.5) is 18.0 Å². The molecule has 1 heterocycles. The molecule has 2 aliphatic rings. The van der Waals surface area contributed by atoms with Crippen molar-refractivity contribution in [3.63, 3.8) is 0 Å². The van der Waals surface area contributed by atoms with Crippen molar-refractivity contribution in [1.29, 1.82) is 0 Å². The van der Waals surface area contributed by atoms with Crippen LogP contribution in [0.5, 0.6) is 0 Å². The fourth-order valence-electron chi connectivity index (χ4n) is 3.06. The summed E-state index contributed by atoms with van der Waals surface area (Å²) >= 11 is 0. The molecule has 0 radical (unpaired) electrons. The van der Waals surface area contributed by atoms with Crippen LogP contribution >= 0.6 is 0 Å². The van der Waals surface area contributed by atoms with E-state index in [1.165, 1.54) is 4.90 Å². The second-order valence-corrected chi connectivity index (χ2v) is 7.62. The average Bonchev–Trinajstić information content (AvgIpc) is 2.44. The third kappa shape index (κ3) is 4.75. The maximum atomic E-state index is 14.4. The van der Waals surface area contributed by atoms with Crippen molar-refractivity contribution < 1.29 is 27.4 Å². The number of alkyl halides is 3. The lowest BCUT2D eigenvalue weighted by atomic mass is 9.89. The Morgan fingerprint density at radius 2 is 1.92 bits per heavy atom. The molecular weight excluding hydrogens is 325 g/mol. The molecule has 0 spiro atoms. The number of carbonyl (C=O) groups excluding carboxylic acids is 1. The maximum Gasteiger partial charge on any atom is 0.410 e. The molecule has 2 rings (SSSR count). The molecule has 0 bridgehead atoms. The number of likely N-dealkylation sites (tertiary alicyclic amines) is 1. The van der Waals surface area contributed by atoms with Gasteiger partial charge in [0.1, 0.15) is 11.8 Å². The lowest BCUT2D eigenvalue weighted by Crippen LogP contribution is -2.56. The number of nitrogens with zero attached hydrogens (tertiary/aromatic N) is 1. The minimum Gasteiger partial charge on any atom is -0.444 e. The Kier molecular flexibility index (Phi) is 5.69. The first-order valence-corrected chi connectivity index (χ1v) is 8.40. The van der Waals surface area contributed by atoms with Crippen LogP contribution in [0.2, 0.25) is 0 Å².